The van der Waals surface area contributed by atoms with Gasteiger partial charge in [-0.05, 0) is 57.2 Å². The van der Waals surface area contributed by atoms with Crippen LogP contribution in [0.5, 0.6) is 0 Å². The molecule has 1 aliphatic heterocycles. The summed E-state index contributed by atoms with van der Waals surface area (Å²) in [4.78, 5) is 2.69. The molecule has 1 N–H and O–H groups in total. The Morgan fingerprint density at radius 2 is 2.24 bits per heavy atom. The molecule has 2 nitrogen and oxygen atoms in total. The van der Waals surface area contributed by atoms with E-state index in [1.165, 1.54) is 44.6 Å². The molecule has 0 bridgehead atoms. The number of nitrogens with zero attached hydrogens (tertiary/aromatic N) is 1. The molecule has 0 amide bonds. The van der Waals surface area contributed by atoms with Gasteiger partial charge in [-0.3, -0.25) is 0 Å². The van der Waals surface area contributed by atoms with Gasteiger partial charge in [-0.2, -0.15) is 11.8 Å². The number of rotatable bonds is 7. The van der Waals surface area contributed by atoms with Crippen LogP contribution in [0, 0.1) is 5.92 Å². The number of hydrogen-bond acceptors (Lipinski definition) is 3. The highest BCUT2D eigenvalue weighted by Crippen LogP contribution is 2.19. The lowest BCUT2D eigenvalue weighted by Gasteiger charge is -2.39. The summed E-state index contributed by atoms with van der Waals surface area (Å²) in [6, 6.07) is 1.51. The smallest absolute Gasteiger partial charge is 0.00940 e. The average molecular weight is 258 g/mol. The third-order valence-corrected chi connectivity index (χ3v) is 4.60. The van der Waals surface area contributed by atoms with Gasteiger partial charge in [0, 0.05) is 18.6 Å². The van der Waals surface area contributed by atoms with Gasteiger partial charge in [0.2, 0.25) is 0 Å². The molecule has 0 aliphatic carbocycles. The minimum Gasteiger partial charge on any atom is -0.314 e. The molecular weight excluding hydrogens is 228 g/mol. The summed E-state index contributed by atoms with van der Waals surface area (Å²) in [5.74, 6) is 2.12. The number of nitrogens with one attached hydrogen (secondary N) is 1. The monoisotopic (exact) mass is 258 g/mol. The highest BCUT2D eigenvalue weighted by molar-refractivity contribution is 7.98. The van der Waals surface area contributed by atoms with E-state index in [0.29, 0.717) is 0 Å². The molecule has 102 valence electrons. The van der Waals surface area contributed by atoms with Gasteiger partial charge in [-0.25, -0.2) is 0 Å². The van der Waals surface area contributed by atoms with E-state index in [2.05, 4.69) is 37.2 Å². The molecule has 0 aromatic carbocycles. The first-order valence-corrected chi connectivity index (χ1v) is 8.53. The van der Waals surface area contributed by atoms with Gasteiger partial charge in [0.25, 0.3) is 0 Å². The van der Waals surface area contributed by atoms with Gasteiger partial charge in [-0.1, -0.05) is 13.8 Å². The summed E-state index contributed by atoms with van der Waals surface area (Å²) in [5, 5.41) is 3.67. The van der Waals surface area contributed by atoms with Crippen molar-refractivity contribution in [1.82, 2.24) is 10.2 Å². The molecule has 3 atom stereocenters. The maximum Gasteiger partial charge on any atom is 0.00940 e. The van der Waals surface area contributed by atoms with Crippen LogP contribution >= 0.6 is 11.8 Å². The average Bonchev–Trinajstić information content (AvgIpc) is 2.30. The third-order valence-electron chi connectivity index (χ3n) is 3.69. The molecule has 1 aliphatic rings. The quantitative estimate of drug-likeness (QED) is 0.756. The minimum atomic E-state index is 0.752. The van der Waals surface area contributed by atoms with E-state index >= 15 is 0 Å². The first-order chi connectivity index (χ1) is 8.17. The molecule has 1 fully saturated rings. The molecule has 0 aromatic rings. The second-order valence-electron chi connectivity index (χ2n) is 5.58. The van der Waals surface area contributed by atoms with Crippen molar-refractivity contribution in [2.45, 2.75) is 52.1 Å². The predicted octanol–water partition coefficient (Wildman–Crippen LogP) is 2.84. The van der Waals surface area contributed by atoms with E-state index in [1.807, 2.05) is 11.8 Å². The van der Waals surface area contributed by atoms with Gasteiger partial charge in [0.1, 0.15) is 0 Å². The summed E-state index contributed by atoms with van der Waals surface area (Å²) in [6.45, 7) is 10.8. The van der Waals surface area contributed by atoms with Crippen LogP contribution in [0.15, 0.2) is 0 Å². The molecule has 0 spiro atoms. The predicted molar refractivity (Wildman–Crippen MR) is 79.9 cm³/mol. The normalized spacial score (nSPS) is 28.2. The largest absolute Gasteiger partial charge is 0.314 e. The van der Waals surface area contributed by atoms with Crippen molar-refractivity contribution in [1.29, 1.82) is 0 Å². The van der Waals surface area contributed by atoms with Crippen LogP contribution in [-0.4, -0.2) is 48.6 Å². The lowest BCUT2D eigenvalue weighted by molar-refractivity contribution is 0.123. The molecule has 1 rings (SSSR count). The maximum absolute atomic E-state index is 3.67. The lowest BCUT2D eigenvalue weighted by atomic mass is 9.97. The molecule has 1 saturated heterocycles. The molecule has 3 unspecified atom stereocenters. The van der Waals surface area contributed by atoms with Gasteiger partial charge in [0.05, 0.1) is 0 Å². The van der Waals surface area contributed by atoms with Gasteiger partial charge < -0.3 is 10.2 Å². The van der Waals surface area contributed by atoms with Crippen molar-refractivity contribution in [2.24, 2.45) is 5.92 Å². The van der Waals surface area contributed by atoms with Crippen molar-refractivity contribution in [3.8, 4) is 0 Å². The SMILES string of the molecule is CCCNC1CCN(CC(C)CSC)C(C)C1. The topological polar surface area (TPSA) is 15.3 Å². The summed E-state index contributed by atoms with van der Waals surface area (Å²) < 4.78 is 0. The third kappa shape index (κ3) is 5.62. The molecule has 0 aromatic heterocycles. The molecular formula is C14H30N2S. The van der Waals surface area contributed by atoms with Crippen molar-refractivity contribution < 1.29 is 0 Å². The Morgan fingerprint density at radius 1 is 1.47 bits per heavy atom. The van der Waals surface area contributed by atoms with Crippen molar-refractivity contribution in [3.63, 3.8) is 0 Å². The Bertz CT molecular complexity index is 199. The fourth-order valence-corrected chi connectivity index (χ4v) is 3.44. The number of thioether (sulfide) groups is 1. The van der Waals surface area contributed by atoms with Gasteiger partial charge in [-0.15, -0.1) is 0 Å². The summed E-state index contributed by atoms with van der Waals surface area (Å²) >= 11 is 1.97. The Labute approximate surface area is 112 Å². The van der Waals surface area contributed by atoms with E-state index in [-0.39, 0.29) is 0 Å². The van der Waals surface area contributed by atoms with E-state index < -0.39 is 0 Å². The van der Waals surface area contributed by atoms with E-state index in [9.17, 15) is 0 Å². The standard InChI is InChI=1S/C14H30N2S/c1-5-7-15-14-6-8-16(13(3)9-14)10-12(2)11-17-4/h12-15H,5-11H2,1-4H3. The Morgan fingerprint density at radius 3 is 2.82 bits per heavy atom. The van der Waals surface area contributed by atoms with Crippen LogP contribution in [-0.2, 0) is 0 Å². The second kappa shape index (κ2) is 8.39. The summed E-state index contributed by atoms with van der Waals surface area (Å²) in [5.41, 5.74) is 0. The van der Waals surface area contributed by atoms with Crippen molar-refractivity contribution in [2.75, 3.05) is 31.6 Å². The Balaban J connectivity index is 2.27. The zero-order valence-corrected chi connectivity index (χ0v) is 12.9. The number of likely N-dealkylation sites (tertiary alicyclic amines) is 1. The van der Waals surface area contributed by atoms with Crippen LogP contribution in [0.4, 0.5) is 0 Å². The fraction of sp³-hybridized carbons (Fsp3) is 1.00. The first kappa shape index (κ1) is 15.3. The maximum atomic E-state index is 3.67. The Hall–Kier alpha value is 0.270. The fourth-order valence-electron chi connectivity index (χ4n) is 2.76. The molecule has 3 heteroatoms. The highest BCUT2D eigenvalue weighted by atomic mass is 32.2. The summed E-state index contributed by atoms with van der Waals surface area (Å²) in [6.07, 6.45) is 6.11. The number of piperidine rings is 1. The van der Waals surface area contributed by atoms with Crippen LogP contribution in [0.1, 0.15) is 40.0 Å². The zero-order chi connectivity index (χ0) is 12.7. The highest BCUT2D eigenvalue weighted by Gasteiger charge is 2.25. The number of hydrogen-bond donors (Lipinski definition) is 1. The molecule has 17 heavy (non-hydrogen) atoms. The lowest BCUT2D eigenvalue weighted by Crippen LogP contribution is -2.48. The molecule has 0 saturated carbocycles. The first-order valence-electron chi connectivity index (χ1n) is 7.13. The van der Waals surface area contributed by atoms with E-state index in [0.717, 1.165) is 18.0 Å². The Kier molecular flexibility index (Phi) is 7.56. The van der Waals surface area contributed by atoms with E-state index in [4.69, 9.17) is 0 Å². The van der Waals surface area contributed by atoms with Crippen LogP contribution < -0.4 is 5.32 Å². The second-order valence-corrected chi connectivity index (χ2v) is 6.49. The van der Waals surface area contributed by atoms with Gasteiger partial charge in [0.15, 0.2) is 0 Å². The van der Waals surface area contributed by atoms with E-state index in [1.54, 1.807) is 0 Å². The molecule has 1 heterocycles. The van der Waals surface area contributed by atoms with Crippen molar-refractivity contribution in [3.05, 3.63) is 0 Å². The van der Waals surface area contributed by atoms with Crippen LogP contribution in [0.3, 0.4) is 0 Å². The van der Waals surface area contributed by atoms with Crippen LogP contribution in [0.25, 0.3) is 0 Å². The van der Waals surface area contributed by atoms with Crippen LogP contribution in [0.2, 0.25) is 0 Å². The van der Waals surface area contributed by atoms with Gasteiger partial charge >= 0.3 is 0 Å². The summed E-state index contributed by atoms with van der Waals surface area (Å²) in [7, 11) is 0. The minimum absolute atomic E-state index is 0.752. The van der Waals surface area contributed by atoms with Crippen molar-refractivity contribution >= 4 is 11.8 Å². The molecule has 0 radical (unpaired) electrons. The zero-order valence-electron chi connectivity index (χ0n) is 12.0.